The van der Waals surface area contributed by atoms with Crippen molar-refractivity contribution < 1.29 is 9.84 Å². The quantitative estimate of drug-likeness (QED) is 0.656. The van der Waals surface area contributed by atoms with Gasteiger partial charge in [0.05, 0.1) is 47.6 Å². The second-order valence-electron chi connectivity index (χ2n) is 8.63. The summed E-state index contributed by atoms with van der Waals surface area (Å²) in [6.07, 6.45) is 3.28. The van der Waals surface area contributed by atoms with Crippen molar-refractivity contribution in [2.75, 3.05) is 37.7 Å². The van der Waals surface area contributed by atoms with Crippen LogP contribution in [0.1, 0.15) is 5.82 Å². The van der Waals surface area contributed by atoms with E-state index in [2.05, 4.69) is 24.8 Å². The number of rotatable bonds is 4. The van der Waals surface area contributed by atoms with Gasteiger partial charge in [-0.1, -0.05) is 23.7 Å². The van der Waals surface area contributed by atoms with E-state index in [4.69, 9.17) is 21.3 Å². The van der Waals surface area contributed by atoms with Crippen molar-refractivity contribution in [3.63, 3.8) is 0 Å². The van der Waals surface area contributed by atoms with Crippen LogP contribution in [0.25, 0.3) is 11.0 Å². The summed E-state index contributed by atoms with van der Waals surface area (Å²) in [5, 5.41) is 10.7. The third-order valence-corrected chi connectivity index (χ3v) is 6.97. The number of anilines is 1. The van der Waals surface area contributed by atoms with E-state index < -0.39 is 0 Å². The van der Waals surface area contributed by atoms with Gasteiger partial charge in [-0.3, -0.25) is 4.90 Å². The number of hydrogen-bond acceptors (Lipinski definition) is 7. The summed E-state index contributed by atoms with van der Waals surface area (Å²) in [6, 6.07) is 8.09. The van der Waals surface area contributed by atoms with Gasteiger partial charge in [-0.2, -0.15) is 0 Å². The third-order valence-electron chi connectivity index (χ3n) is 6.77. The van der Waals surface area contributed by atoms with Gasteiger partial charge in [0.25, 0.3) is 0 Å². The Balaban J connectivity index is 1.26. The summed E-state index contributed by atoms with van der Waals surface area (Å²) in [7, 11) is 0. The largest absolute Gasteiger partial charge is 0.396 e. The Morgan fingerprint density at radius 1 is 1.20 bits per heavy atom. The highest BCUT2D eigenvalue weighted by atomic mass is 35.5. The number of aromatic amines is 1. The van der Waals surface area contributed by atoms with Gasteiger partial charge < -0.3 is 19.7 Å². The number of fused-ring (bicyclic) bond motifs is 2. The molecule has 2 aromatic heterocycles. The molecule has 0 radical (unpaired) electrons. The van der Waals surface area contributed by atoms with Gasteiger partial charge in [-0.05, 0) is 12.1 Å². The van der Waals surface area contributed by atoms with Crippen molar-refractivity contribution >= 4 is 28.6 Å². The first kappa shape index (κ1) is 18.5. The van der Waals surface area contributed by atoms with Crippen LogP contribution in [-0.2, 0) is 11.3 Å². The molecule has 8 nitrogen and oxygen atoms in total. The van der Waals surface area contributed by atoms with Gasteiger partial charge in [0.1, 0.15) is 11.4 Å². The van der Waals surface area contributed by atoms with E-state index in [0.717, 1.165) is 43.0 Å². The zero-order chi connectivity index (χ0) is 20.3. The first-order valence-corrected chi connectivity index (χ1v) is 10.7. The minimum atomic E-state index is -0.328. The topological polar surface area (TPSA) is 90.4 Å². The third kappa shape index (κ3) is 2.90. The molecule has 0 amide bonds. The summed E-state index contributed by atoms with van der Waals surface area (Å²) >= 11 is 5.95. The average Bonchev–Trinajstić information content (AvgIpc) is 3.35. The fourth-order valence-corrected chi connectivity index (χ4v) is 5.66. The first-order valence-electron chi connectivity index (χ1n) is 10.3. The molecule has 30 heavy (non-hydrogen) atoms. The highest BCUT2D eigenvalue weighted by molar-refractivity contribution is 6.30. The molecular formula is C21H23ClN6O2. The molecule has 3 aromatic rings. The zero-order valence-corrected chi connectivity index (χ0v) is 17.2. The lowest BCUT2D eigenvalue weighted by Gasteiger charge is -2.40. The van der Waals surface area contributed by atoms with Crippen LogP contribution in [0.5, 0.6) is 0 Å². The summed E-state index contributed by atoms with van der Waals surface area (Å²) in [5.41, 5.74) is 1.71. The molecule has 5 heterocycles. The number of nitrogens with zero attached hydrogens (tertiary/aromatic N) is 5. The molecule has 0 unspecified atom stereocenters. The first-order chi connectivity index (χ1) is 14.6. The average molecular weight is 427 g/mol. The van der Waals surface area contributed by atoms with Crippen LogP contribution in [0, 0.1) is 11.8 Å². The zero-order valence-electron chi connectivity index (χ0n) is 16.4. The van der Waals surface area contributed by atoms with Gasteiger partial charge in [-0.15, -0.1) is 0 Å². The fourth-order valence-electron chi connectivity index (χ4n) is 5.56. The number of nitrogens with one attached hydrogen (secondary N) is 1. The predicted molar refractivity (Wildman–Crippen MR) is 112 cm³/mol. The summed E-state index contributed by atoms with van der Waals surface area (Å²) in [5.74, 6) is 1.98. The van der Waals surface area contributed by atoms with Crippen molar-refractivity contribution in [1.29, 1.82) is 0 Å². The maximum absolute atomic E-state index is 10.1. The van der Waals surface area contributed by atoms with Crippen molar-refractivity contribution in [2.24, 2.45) is 11.8 Å². The van der Waals surface area contributed by atoms with Crippen molar-refractivity contribution in [3.05, 3.63) is 47.5 Å². The van der Waals surface area contributed by atoms with Crippen LogP contribution in [0.3, 0.4) is 0 Å². The number of H-pyrrole nitrogens is 1. The van der Waals surface area contributed by atoms with Crippen molar-refractivity contribution in [2.45, 2.75) is 18.2 Å². The monoisotopic (exact) mass is 426 g/mol. The minimum Gasteiger partial charge on any atom is -0.396 e. The summed E-state index contributed by atoms with van der Waals surface area (Å²) in [6.45, 7) is 3.96. The van der Waals surface area contributed by atoms with Crippen LogP contribution in [0.2, 0.25) is 5.02 Å². The molecule has 6 rings (SSSR count). The van der Waals surface area contributed by atoms with E-state index in [0.29, 0.717) is 17.5 Å². The van der Waals surface area contributed by atoms with Crippen LogP contribution in [0.4, 0.5) is 5.95 Å². The number of para-hydroxylation sites is 2. The Hall–Kier alpha value is -2.26. The Bertz CT molecular complexity index is 1040. The van der Waals surface area contributed by atoms with Crippen LogP contribution in [-0.4, -0.2) is 74.4 Å². The van der Waals surface area contributed by atoms with E-state index in [-0.39, 0.29) is 30.1 Å². The standard InChI is InChI=1S/C21H23ClN6O2/c22-13-5-23-20(24-6-13)28-7-15-14(10-29)18-8-27(11-21(15,12-28)30-18)9-19-25-16-3-1-2-4-17(16)26-19/h1-6,14-15,18,29H,7-12H2,(H,25,26)/t14-,15+,18+,21+/m0/s1. The van der Waals surface area contributed by atoms with E-state index in [9.17, 15) is 5.11 Å². The number of benzene rings is 1. The van der Waals surface area contributed by atoms with Crippen LogP contribution < -0.4 is 4.90 Å². The molecule has 9 heteroatoms. The highest BCUT2D eigenvalue weighted by Crippen LogP contribution is 2.49. The molecular weight excluding hydrogens is 404 g/mol. The molecule has 3 fully saturated rings. The molecule has 0 aliphatic carbocycles. The van der Waals surface area contributed by atoms with Gasteiger partial charge in [0.2, 0.25) is 5.95 Å². The number of aromatic nitrogens is 4. The Morgan fingerprint density at radius 2 is 2.03 bits per heavy atom. The number of likely N-dealkylation sites (tertiary alicyclic amines) is 1. The second-order valence-corrected chi connectivity index (χ2v) is 9.06. The normalized spacial score (nSPS) is 30.9. The van der Waals surface area contributed by atoms with Crippen molar-refractivity contribution in [3.8, 4) is 0 Å². The molecule has 0 saturated carbocycles. The fraction of sp³-hybridized carbons (Fsp3) is 0.476. The minimum absolute atomic E-state index is 0.0337. The molecule has 3 aliphatic heterocycles. The maximum Gasteiger partial charge on any atom is 0.225 e. The lowest BCUT2D eigenvalue weighted by atomic mass is 9.83. The van der Waals surface area contributed by atoms with E-state index in [1.165, 1.54) is 0 Å². The molecule has 156 valence electrons. The second kappa shape index (κ2) is 6.88. The smallest absolute Gasteiger partial charge is 0.225 e. The Morgan fingerprint density at radius 3 is 2.83 bits per heavy atom. The Labute approximate surface area is 178 Å². The molecule has 1 spiro atoms. The number of hydrogen-bond donors (Lipinski definition) is 2. The number of ether oxygens (including phenoxy) is 1. The van der Waals surface area contributed by atoms with Crippen molar-refractivity contribution in [1.82, 2.24) is 24.8 Å². The maximum atomic E-state index is 10.1. The van der Waals surface area contributed by atoms with Crippen LogP contribution in [0.15, 0.2) is 36.7 Å². The van der Waals surface area contributed by atoms with Crippen LogP contribution >= 0.6 is 11.6 Å². The number of halogens is 1. The highest BCUT2D eigenvalue weighted by Gasteiger charge is 2.62. The lowest BCUT2D eigenvalue weighted by Crippen LogP contribution is -2.53. The summed E-state index contributed by atoms with van der Waals surface area (Å²) < 4.78 is 6.56. The van der Waals surface area contributed by atoms with Gasteiger partial charge in [0.15, 0.2) is 0 Å². The van der Waals surface area contributed by atoms with Gasteiger partial charge in [0, 0.05) is 38.1 Å². The van der Waals surface area contributed by atoms with E-state index >= 15 is 0 Å². The number of aliphatic hydroxyl groups is 1. The molecule has 3 aliphatic rings. The Kier molecular flexibility index (Phi) is 4.24. The molecule has 3 saturated heterocycles. The van der Waals surface area contributed by atoms with E-state index in [1.54, 1.807) is 12.4 Å². The SMILES string of the molecule is OC[C@H]1[C@H]2CN(c3ncc(Cl)cn3)C[C@]23CN(Cc2nc4ccccc4[nH]2)C[C@H]1O3. The summed E-state index contributed by atoms with van der Waals surface area (Å²) in [4.78, 5) is 21.5. The lowest BCUT2D eigenvalue weighted by molar-refractivity contribution is -0.113. The predicted octanol–water partition coefficient (Wildman–Crippen LogP) is 1.70. The van der Waals surface area contributed by atoms with Gasteiger partial charge >= 0.3 is 0 Å². The molecule has 1 aromatic carbocycles. The number of imidazole rings is 1. The number of morpholine rings is 1. The van der Waals surface area contributed by atoms with Gasteiger partial charge in [-0.25, -0.2) is 15.0 Å². The molecule has 4 atom stereocenters. The van der Waals surface area contributed by atoms with E-state index in [1.807, 2.05) is 24.3 Å². The molecule has 2 bridgehead atoms. The number of aliphatic hydroxyl groups excluding tert-OH is 1. The molecule has 2 N–H and O–H groups in total.